The summed E-state index contributed by atoms with van der Waals surface area (Å²) in [6.07, 6.45) is 6.69. The van der Waals surface area contributed by atoms with Gasteiger partial charge in [-0.15, -0.1) is 0 Å². The molecule has 0 aromatic carbocycles. The maximum absolute atomic E-state index is 12.4. The van der Waals surface area contributed by atoms with Crippen molar-refractivity contribution in [1.82, 2.24) is 10.6 Å². The van der Waals surface area contributed by atoms with Crippen LogP contribution in [0.4, 0.5) is 0 Å². The van der Waals surface area contributed by atoms with Crippen LogP contribution >= 0.6 is 0 Å². The van der Waals surface area contributed by atoms with E-state index in [2.05, 4.69) is 38.3 Å². The molecule has 2 N–H and O–H groups in total. The summed E-state index contributed by atoms with van der Waals surface area (Å²) in [6.45, 7) is 11.9. The highest BCUT2D eigenvalue weighted by Crippen LogP contribution is 2.43. The molecule has 1 amide bonds. The predicted molar refractivity (Wildman–Crippen MR) is 94.4 cm³/mol. The van der Waals surface area contributed by atoms with Gasteiger partial charge in [-0.1, -0.05) is 34.1 Å². The number of nitrogens with one attached hydrogen (secondary N) is 2. The Morgan fingerprint density at radius 1 is 1.43 bits per heavy atom. The summed E-state index contributed by atoms with van der Waals surface area (Å²) in [6, 6.07) is 0.262. The highest BCUT2D eigenvalue weighted by Gasteiger charge is 2.49. The third kappa shape index (κ3) is 4.93. The molecule has 1 heterocycles. The zero-order valence-electron chi connectivity index (χ0n) is 15.5. The molecule has 1 saturated carbocycles. The van der Waals surface area contributed by atoms with E-state index >= 15 is 0 Å². The van der Waals surface area contributed by atoms with Crippen LogP contribution in [0.25, 0.3) is 0 Å². The molecule has 4 unspecified atom stereocenters. The first kappa shape index (κ1) is 18.7. The quantitative estimate of drug-likeness (QED) is 0.675. The number of hydrogen-bond donors (Lipinski definition) is 2. The van der Waals surface area contributed by atoms with Crippen molar-refractivity contribution in [3.8, 4) is 0 Å². The van der Waals surface area contributed by atoms with Gasteiger partial charge in [0, 0.05) is 24.5 Å². The van der Waals surface area contributed by atoms with Gasteiger partial charge in [0.1, 0.15) is 0 Å². The fourth-order valence-corrected chi connectivity index (χ4v) is 3.86. The Morgan fingerprint density at radius 3 is 2.83 bits per heavy atom. The highest BCUT2D eigenvalue weighted by atomic mass is 16.5. The van der Waals surface area contributed by atoms with Crippen LogP contribution in [0.2, 0.25) is 0 Å². The third-order valence-electron chi connectivity index (χ3n) is 5.98. The second kappa shape index (κ2) is 8.48. The summed E-state index contributed by atoms with van der Waals surface area (Å²) < 4.78 is 5.96. The van der Waals surface area contributed by atoms with Crippen LogP contribution in [0.5, 0.6) is 0 Å². The molecule has 0 bridgehead atoms. The number of carbonyl (C=O) groups is 1. The van der Waals surface area contributed by atoms with Gasteiger partial charge in [-0.3, -0.25) is 4.79 Å². The van der Waals surface area contributed by atoms with Crippen LogP contribution in [0, 0.1) is 17.3 Å². The van der Waals surface area contributed by atoms with Crippen molar-refractivity contribution < 1.29 is 9.53 Å². The monoisotopic (exact) mass is 324 g/mol. The Bertz CT molecular complexity index is 378. The molecular formula is C19H36N2O2. The van der Waals surface area contributed by atoms with Crippen molar-refractivity contribution in [3.63, 3.8) is 0 Å². The first-order valence-corrected chi connectivity index (χ1v) is 9.56. The number of amides is 1. The Labute approximate surface area is 142 Å². The lowest BCUT2D eigenvalue weighted by Crippen LogP contribution is -2.62. The van der Waals surface area contributed by atoms with E-state index in [1.54, 1.807) is 0 Å². The molecule has 2 rings (SSSR count). The smallest absolute Gasteiger partial charge is 0.220 e. The fraction of sp³-hybridized carbons (Fsp3) is 0.947. The molecule has 4 atom stereocenters. The van der Waals surface area contributed by atoms with E-state index in [-0.39, 0.29) is 17.4 Å². The van der Waals surface area contributed by atoms with E-state index in [4.69, 9.17) is 4.74 Å². The zero-order chi connectivity index (χ0) is 16.9. The Balaban J connectivity index is 1.71. The van der Waals surface area contributed by atoms with Crippen molar-refractivity contribution in [1.29, 1.82) is 0 Å². The first-order valence-electron chi connectivity index (χ1n) is 9.56. The molecule has 0 aromatic heterocycles. The largest absolute Gasteiger partial charge is 0.378 e. The molecule has 2 aliphatic rings. The average molecular weight is 325 g/mol. The summed E-state index contributed by atoms with van der Waals surface area (Å²) in [7, 11) is 0. The average Bonchev–Trinajstić information content (AvgIpc) is 2.54. The summed E-state index contributed by atoms with van der Waals surface area (Å²) in [5.41, 5.74) is 0.0546. The lowest BCUT2D eigenvalue weighted by atomic mass is 9.64. The van der Waals surface area contributed by atoms with Gasteiger partial charge in [-0.2, -0.15) is 0 Å². The predicted octanol–water partition coefficient (Wildman–Crippen LogP) is 3.11. The van der Waals surface area contributed by atoms with Crippen LogP contribution < -0.4 is 10.6 Å². The van der Waals surface area contributed by atoms with Crippen molar-refractivity contribution in [2.24, 2.45) is 17.3 Å². The minimum Gasteiger partial charge on any atom is -0.378 e. The van der Waals surface area contributed by atoms with E-state index in [9.17, 15) is 4.79 Å². The van der Waals surface area contributed by atoms with E-state index in [0.717, 1.165) is 32.5 Å². The first-order chi connectivity index (χ1) is 10.9. The van der Waals surface area contributed by atoms with Crippen LogP contribution in [-0.4, -0.2) is 37.7 Å². The minimum atomic E-state index is 0.0546. The Hall–Kier alpha value is -0.610. The van der Waals surface area contributed by atoms with Gasteiger partial charge in [0.05, 0.1) is 6.10 Å². The number of unbranched alkanes of at least 4 members (excludes halogenated alkanes) is 1. The van der Waals surface area contributed by atoms with E-state index in [0.29, 0.717) is 24.4 Å². The van der Waals surface area contributed by atoms with E-state index < -0.39 is 0 Å². The topological polar surface area (TPSA) is 50.4 Å². The number of carbonyl (C=O) groups excluding carboxylic acids is 1. The number of hydrogen-bond acceptors (Lipinski definition) is 3. The number of ether oxygens (including phenoxy) is 1. The standard InChI is InChI=1S/C19H36N2O2/c1-5-6-10-23-17-12-16(19(17,3)4)21-18(22)11-14(2)15-8-7-9-20-13-15/h14-17,20H,5-13H2,1-4H3,(H,21,22). The van der Waals surface area contributed by atoms with Gasteiger partial charge in [-0.05, 0) is 50.6 Å². The van der Waals surface area contributed by atoms with E-state index in [1.807, 2.05) is 0 Å². The van der Waals surface area contributed by atoms with Crippen molar-refractivity contribution in [3.05, 3.63) is 0 Å². The van der Waals surface area contributed by atoms with Gasteiger partial charge in [-0.25, -0.2) is 0 Å². The molecular weight excluding hydrogens is 288 g/mol. The second-order valence-corrected chi connectivity index (χ2v) is 8.18. The molecule has 1 aliphatic carbocycles. The summed E-state index contributed by atoms with van der Waals surface area (Å²) in [5, 5.41) is 6.70. The van der Waals surface area contributed by atoms with Crippen molar-refractivity contribution in [2.75, 3.05) is 19.7 Å². The van der Waals surface area contributed by atoms with Crippen LogP contribution in [-0.2, 0) is 9.53 Å². The Kier molecular flexibility index (Phi) is 6.90. The third-order valence-corrected chi connectivity index (χ3v) is 5.98. The molecule has 134 valence electrons. The van der Waals surface area contributed by atoms with Gasteiger partial charge < -0.3 is 15.4 Å². The summed E-state index contributed by atoms with van der Waals surface area (Å²) in [4.78, 5) is 12.4. The van der Waals surface area contributed by atoms with E-state index in [1.165, 1.54) is 19.3 Å². The molecule has 2 fully saturated rings. The van der Waals surface area contributed by atoms with Crippen molar-refractivity contribution >= 4 is 5.91 Å². The highest BCUT2D eigenvalue weighted by molar-refractivity contribution is 5.76. The zero-order valence-corrected chi connectivity index (χ0v) is 15.5. The molecule has 4 heteroatoms. The maximum Gasteiger partial charge on any atom is 0.220 e. The maximum atomic E-state index is 12.4. The number of rotatable bonds is 8. The van der Waals surface area contributed by atoms with Crippen LogP contribution in [0.15, 0.2) is 0 Å². The van der Waals surface area contributed by atoms with Crippen LogP contribution in [0.1, 0.15) is 66.2 Å². The molecule has 0 spiro atoms. The summed E-state index contributed by atoms with van der Waals surface area (Å²) in [5.74, 6) is 1.32. The fourth-order valence-electron chi connectivity index (χ4n) is 3.86. The van der Waals surface area contributed by atoms with Gasteiger partial charge in [0.2, 0.25) is 5.91 Å². The lowest BCUT2D eigenvalue weighted by Gasteiger charge is -2.51. The molecule has 23 heavy (non-hydrogen) atoms. The Morgan fingerprint density at radius 2 is 2.22 bits per heavy atom. The van der Waals surface area contributed by atoms with Crippen LogP contribution in [0.3, 0.4) is 0 Å². The SMILES string of the molecule is CCCCOC1CC(NC(=O)CC(C)C2CCCNC2)C1(C)C. The minimum absolute atomic E-state index is 0.0546. The molecule has 4 nitrogen and oxygen atoms in total. The molecule has 1 saturated heterocycles. The molecule has 0 radical (unpaired) electrons. The normalized spacial score (nSPS) is 31.2. The second-order valence-electron chi connectivity index (χ2n) is 8.18. The molecule has 1 aliphatic heterocycles. The van der Waals surface area contributed by atoms with Crippen molar-refractivity contribution in [2.45, 2.75) is 78.4 Å². The summed E-state index contributed by atoms with van der Waals surface area (Å²) >= 11 is 0. The van der Waals surface area contributed by atoms with Gasteiger partial charge in [0.15, 0.2) is 0 Å². The molecule has 0 aromatic rings. The van der Waals surface area contributed by atoms with Gasteiger partial charge >= 0.3 is 0 Å². The van der Waals surface area contributed by atoms with Gasteiger partial charge in [0.25, 0.3) is 0 Å². The number of piperidine rings is 1. The lowest BCUT2D eigenvalue weighted by molar-refractivity contribution is -0.138.